The normalized spacial score (nSPS) is 14.8. The highest BCUT2D eigenvalue weighted by molar-refractivity contribution is 5.78. The molecule has 1 aromatic carbocycles. The molecule has 0 aliphatic carbocycles. The lowest BCUT2D eigenvalue weighted by Gasteiger charge is -2.38. The van der Waals surface area contributed by atoms with E-state index in [1.54, 1.807) is 50.2 Å². The van der Waals surface area contributed by atoms with Crippen LogP contribution >= 0.6 is 0 Å². The Kier molecular flexibility index (Phi) is 5.06. The van der Waals surface area contributed by atoms with E-state index in [1.165, 1.54) is 29.2 Å². The van der Waals surface area contributed by atoms with Crippen molar-refractivity contribution in [1.82, 2.24) is 9.55 Å². The van der Waals surface area contributed by atoms with Crippen molar-refractivity contribution in [3.8, 4) is 0 Å². The Morgan fingerprint density at radius 3 is 2.32 bits per heavy atom. The second kappa shape index (κ2) is 7.05. The molecule has 0 saturated carbocycles. The number of aliphatic hydroxyl groups is 1. The number of rotatable bonds is 5. The molecule has 2 aromatic heterocycles. The lowest BCUT2D eigenvalue weighted by Crippen LogP contribution is -2.52. The molecule has 4 nitrogen and oxygen atoms in total. The third kappa shape index (κ3) is 3.80. The summed E-state index contributed by atoms with van der Waals surface area (Å²) in [6.45, 7) is 2.59. The molecular weight excluding hydrogens is 369 g/mol. The van der Waals surface area contributed by atoms with E-state index in [0.29, 0.717) is 16.5 Å². The van der Waals surface area contributed by atoms with Crippen LogP contribution in [0.1, 0.15) is 25.8 Å². The van der Waals surface area contributed by atoms with Crippen molar-refractivity contribution in [1.29, 1.82) is 0 Å². The summed E-state index contributed by atoms with van der Waals surface area (Å²) in [4.78, 5) is 15.9. The van der Waals surface area contributed by atoms with Crippen LogP contribution in [0, 0.1) is 0 Å². The Morgan fingerprint density at radius 2 is 1.68 bits per heavy atom. The van der Waals surface area contributed by atoms with Gasteiger partial charge in [0.05, 0.1) is 12.1 Å². The lowest BCUT2D eigenvalue weighted by molar-refractivity contribution is -0.271. The van der Waals surface area contributed by atoms with Crippen molar-refractivity contribution in [3.05, 3.63) is 76.8 Å². The van der Waals surface area contributed by atoms with Gasteiger partial charge in [0.25, 0.3) is 0 Å². The van der Waals surface area contributed by atoms with Gasteiger partial charge in [-0.2, -0.15) is 13.2 Å². The number of alkyl halides is 3. The fourth-order valence-corrected chi connectivity index (χ4v) is 3.56. The van der Waals surface area contributed by atoms with E-state index in [0.717, 1.165) is 0 Å². The maximum absolute atomic E-state index is 14.0. The van der Waals surface area contributed by atoms with E-state index in [1.807, 2.05) is 0 Å². The van der Waals surface area contributed by atoms with Gasteiger partial charge in [0.2, 0.25) is 0 Å². The molecule has 1 unspecified atom stereocenters. The zero-order valence-electron chi connectivity index (χ0n) is 15.6. The smallest absolute Gasteiger partial charge is 0.379 e. The molecule has 3 aromatic rings. The zero-order valence-corrected chi connectivity index (χ0v) is 15.6. The molecule has 0 aliphatic rings. The molecule has 0 spiro atoms. The number of nitrogens with zero attached hydrogens (tertiary/aromatic N) is 2. The van der Waals surface area contributed by atoms with Gasteiger partial charge < -0.3 is 9.67 Å². The maximum Gasteiger partial charge on any atom is 0.418 e. The van der Waals surface area contributed by atoms with Gasteiger partial charge in [-0.1, -0.05) is 26.0 Å². The van der Waals surface area contributed by atoms with Gasteiger partial charge in [0.15, 0.2) is 11.0 Å². The highest BCUT2D eigenvalue weighted by atomic mass is 19.4. The van der Waals surface area contributed by atoms with E-state index in [4.69, 9.17) is 0 Å². The predicted octanol–water partition coefficient (Wildman–Crippen LogP) is 4.06. The molecule has 1 atom stereocenters. The molecular formula is C21H21F3N2O2. The predicted molar refractivity (Wildman–Crippen MR) is 101 cm³/mol. The third-order valence-electron chi connectivity index (χ3n) is 5.04. The first-order valence-corrected chi connectivity index (χ1v) is 8.81. The molecule has 2 heterocycles. The molecule has 7 heteroatoms. The van der Waals surface area contributed by atoms with Crippen molar-refractivity contribution in [2.24, 2.45) is 0 Å². The van der Waals surface area contributed by atoms with Crippen LogP contribution in [0.2, 0.25) is 0 Å². The topological polar surface area (TPSA) is 55.1 Å². The summed E-state index contributed by atoms with van der Waals surface area (Å²) in [5.74, 6) is 0. The number of aromatic nitrogens is 2. The molecule has 0 aliphatic heterocycles. The van der Waals surface area contributed by atoms with Gasteiger partial charge in [-0.25, -0.2) is 0 Å². The Balaban J connectivity index is 2.04. The Morgan fingerprint density at radius 1 is 1.04 bits per heavy atom. The standard InChI is InChI=1S/C21H21F3N2O2/c1-19(2,15-7-10-25-11-8-15)13-20(28,21(22,23)24)14-26-12-9-18(27)16-5-3-4-6-17(16)26/h3-12,28H,13-14H2,1-2H3. The quantitative estimate of drug-likeness (QED) is 0.715. The molecule has 0 fully saturated rings. The van der Waals surface area contributed by atoms with Gasteiger partial charge in [-0.05, 0) is 41.7 Å². The van der Waals surface area contributed by atoms with E-state index >= 15 is 0 Å². The number of para-hydroxylation sites is 1. The van der Waals surface area contributed by atoms with Gasteiger partial charge in [0, 0.05) is 30.0 Å². The zero-order chi connectivity index (χ0) is 20.6. The van der Waals surface area contributed by atoms with Crippen LogP contribution in [0.15, 0.2) is 65.8 Å². The molecule has 0 radical (unpaired) electrons. The first kappa shape index (κ1) is 20.1. The van der Waals surface area contributed by atoms with Crippen LogP contribution in [0.25, 0.3) is 10.9 Å². The van der Waals surface area contributed by atoms with Crippen LogP contribution in [-0.2, 0) is 12.0 Å². The number of fused-ring (bicyclic) bond motifs is 1. The molecule has 0 amide bonds. The van der Waals surface area contributed by atoms with Crippen molar-refractivity contribution in [3.63, 3.8) is 0 Å². The largest absolute Gasteiger partial charge is 0.418 e. The highest BCUT2D eigenvalue weighted by Crippen LogP contribution is 2.42. The Hall–Kier alpha value is -2.67. The van der Waals surface area contributed by atoms with Crippen molar-refractivity contribution in [2.75, 3.05) is 0 Å². The van der Waals surface area contributed by atoms with Crippen molar-refractivity contribution < 1.29 is 18.3 Å². The van der Waals surface area contributed by atoms with E-state index in [9.17, 15) is 23.1 Å². The first-order valence-electron chi connectivity index (χ1n) is 8.81. The number of hydrogen-bond acceptors (Lipinski definition) is 3. The van der Waals surface area contributed by atoms with Crippen LogP contribution in [0.4, 0.5) is 13.2 Å². The van der Waals surface area contributed by atoms with Crippen LogP contribution in [0.3, 0.4) is 0 Å². The summed E-state index contributed by atoms with van der Waals surface area (Å²) in [6, 6.07) is 10.9. The minimum Gasteiger partial charge on any atom is -0.379 e. The Bertz CT molecular complexity index is 1030. The first-order chi connectivity index (χ1) is 13.0. The maximum atomic E-state index is 14.0. The average Bonchev–Trinajstić information content (AvgIpc) is 2.64. The van der Waals surface area contributed by atoms with Gasteiger partial charge in [0.1, 0.15) is 0 Å². The summed E-state index contributed by atoms with van der Waals surface area (Å²) in [5, 5.41) is 11.1. The number of pyridine rings is 2. The summed E-state index contributed by atoms with van der Waals surface area (Å²) < 4.78 is 43.2. The number of hydrogen-bond donors (Lipinski definition) is 1. The molecule has 1 N–H and O–H groups in total. The fourth-order valence-electron chi connectivity index (χ4n) is 3.56. The fraction of sp³-hybridized carbons (Fsp3) is 0.333. The average molecular weight is 390 g/mol. The monoisotopic (exact) mass is 390 g/mol. The molecule has 0 bridgehead atoms. The number of benzene rings is 1. The molecule has 28 heavy (non-hydrogen) atoms. The lowest BCUT2D eigenvalue weighted by atomic mass is 9.75. The van der Waals surface area contributed by atoms with Gasteiger partial charge in [-0.3, -0.25) is 9.78 Å². The van der Waals surface area contributed by atoms with Crippen molar-refractivity contribution >= 4 is 10.9 Å². The van der Waals surface area contributed by atoms with Gasteiger partial charge in [-0.15, -0.1) is 0 Å². The second-order valence-electron chi connectivity index (χ2n) is 7.65. The van der Waals surface area contributed by atoms with Crippen LogP contribution in [0.5, 0.6) is 0 Å². The highest BCUT2D eigenvalue weighted by Gasteiger charge is 2.56. The minimum atomic E-state index is -4.86. The minimum absolute atomic E-state index is 0.278. The van der Waals surface area contributed by atoms with E-state index < -0.39 is 30.2 Å². The van der Waals surface area contributed by atoms with Gasteiger partial charge >= 0.3 is 6.18 Å². The third-order valence-corrected chi connectivity index (χ3v) is 5.04. The second-order valence-corrected chi connectivity index (χ2v) is 7.65. The summed E-state index contributed by atoms with van der Waals surface area (Å²) in [6.07, 6.45) is -1.09. The van der Waals surface area contributed by atoms with E-state index in [-0.39, 0.29) is 5.43 Å². The summed E-state index contributed by atoms with van der Waals surface area (Å²) in [5.41, 5.74) is -3.23. The van der Waals surface area contributed by atoms with Crippen molar-refractivity contribution in [2.45, 2.75) is 44.0 Å². The molecule has 0 saturated heterocycles. The van der Waals surface area contributed by atoms with E-state index in [2.05, 4.69) is 4.98 Å². The summed E-state index contributed by atoms with van der Waals surface area (Å²) in [7, 11) is 0. The summed E-state index contributed by atoms with van der Waals surface area (Å²) >= 11 is 0. The molecule has 3 rings (SSSR count). The molecule has 148 valence electrons. The number of halogens is 3. The Labute approximate surface area is 160 Å². The van der Waals surface area contributed by atoms with Crippen LogP contribution in [-0.4, -0.2) is 26.4 Å². The SMILES string of the molecule is CC(C)(CC(O)(Cn1ccc(=O)c2ccccc21)C(F)(F)F)c1ccncc1. The van der Waals surface area contributed by atoms with Crippen LogP contribution < -0.4 is 5.43 Å².